The van der Waals surface area contributed by atoms with Gasteiger partial charge in [-0.2, -0.15) is 15.4 Å². The van der Waals surface area contributed by atoms with E-state index in [4.69, 9.17) is 4.84 Å². The van der Waals surface area contributed by atoms with Gasteiger partial charge in [-0.05, 0) is 12.1 Å². The van der Waals surface area contributed by atoms with Gasteiger partial charge >= 0.3 is 0 Å². The Morgan fingerprint density at radius 3 is 2.75 bits per heavy atom. The number of para-hydroxylation sites is 1. The Morgan fingerprint density at radius 1 is 1.00 bits per heavy atom. The van der Waals surface area contributed by atoms with Gasteiger partial charge in [0, 0.05) is 16.9 Å². The van der Waals surface area contributed by atoms with E-state index in [1.165, 1.54) is 0 Å². The molecule has 0 aliphatic carbocycles. The maximum Gasteiger partial charge on any atom is 0.233 e. The van der Waals surface area contributed by atoms with E-state index in [2.05, 4.69) is 15.4 Å². The highest BCUT2D eigenvalue weighted by Gasteiger charge is 2.10. The fourth-order valence-corrected chi connectivity index (χ4v) is 1.47. The molecule has 0 radical (unpaired) electrons. The minimum atomic E-state index is 0.669. The molecule has 2 aromatic heterocycles. The number of pyridine rings is 1. The molecule has 78 valence electrons. The number of aromatic amines is 1. The fraction of sp³-hybridized carbons (Fsp3) is 0. The lowest BCUT2D eigenvalue weighted by Gasteiger charge is -1.96. The van der Waals surface area contributed by atoms with Gasteiger partial charge in [-0.25, -0.2) is 4.84 Å². The number of benzene rings is 1. The lowest BCUT2D eigenvalue weighted by molar-refractivity contribution is -0.874. The van der Waals surface area contributed by atoms with E-state index in [-0.39, 0.29) is 0 Å². The molecule has 16 heavy (non-hydrogen) atoms. The maximum atomic E-state index is 5.64. The number of fused-ring (bicyclic) bond motifs is 1. The quantitative estimate of drug-likeness (QED) is 0.648. The maximum absolute atomic E-state index is 5.64. The molecule has 1 N–H and O–H groups in total. The summed E-state index contributed by atoms with van der Waals surface area (Å²) in [7, 11) is 0. The summed E-state index contributed by atoms with van der Waals surface area (Å²) in [5.74, 6) is 0.669. The topological polar surface area (TPSA) is 54.7 Å². The first-order chi connectivity index (χ1) is 7.93. The number of hydrogen-bond donors (Lipinski definition) is 1. The van der Waals surface area contributed by atoms with Gasteiger partial charge in [0.25, 0.3) is 0 Å². The monoisotopic (exact) mass is 213 g/mol. The normalized spacial score (nSPS) is 10.5. The summed E-state index contributed by atoms with van der Waals surface area (Å²) in [6, 6.07) is 11.3. The second-order valence-electron chi connectivity index (χ2n) is 3.27. The number of hydrogen-bond acceptors (Lipinski definition) is 3. The van der Waals surface area contributed by atoms with Gasteiger partial charge in [-0.1, -0.05) is 12.1 Å². The largest absolute Gasteiger partial charge is 0.233 e. The lowest BCUT2D eigenvalue weighted by Crippen LogP contribution is -2.38. The van der Waals surface area contributed by atoms with E-state index in [1.54, 1.807) is 4.73 Å². The van der Waals surface area contributed by atoms with Gasteiger partial charge in [0.05, 0.1) is 0 Å². The standard InChI is InChI=1S/C11H9N4O/c1-2-7-15(8-3-1)16-10-6-4-5-9-11(10)13-14-12-9/h1-8H,(H,12,13,14)/q+1. The molecule has 0 saturated heterocycles. The van der Waals surface area contributed by atoms with Crippen molar-refractivity contribution in [3.05, 3.63) is 48.8 Å². The summed E-state index contributed by atoms with van der Waals surface area (Å²) in [6.45, 7) is 0. The smallest absolute Gasteiger partial charge is 0.229 e. The van der Waals surface area contributed by atoms with Crippen LogP contribution in [0.15, 0.2) is 48.8 Å². The van der Waals surface area contributed by atoms with Crippen LogP contribution in [0.2, 0.25) is 0 Å². The van der Waals surface area contributed by atoms with E-state index in [1.807, 2.05) is 48.8 Å². The minimum Gasteiger partial charge on any atom is -0.229 e. The molecule has 1 aromatic carbocycles. The predicted octanol–water partition coefficient (Wildman–Crippen LogP) is 1.09. The molecule has 0 spiro atoms. The minimum absolute atomic E-state index is 0.669. The third-order valence-electron chi connectivity index (χ3n) is 2.20. The molecule has 3 rings (SSSR count). The molecule has 5 heteroatoms. The van der Waals surface area contributed by atoms with E-state index in [0.29, 0.717) is 5.75 Å². The van der Waals surface area contributed by atoms with Crippen molar-refractivity contribution in [2.75, 3.05) is 0 Å². The van der Waals surface area contributed by atoms with Crippen LogP contribution in [0.3, 0.4) is 0 Å². The summed E-state index contributed by atoms with van der Waals surface area (Å²) in [5, 5.41) is 10.6. The Bertz CT molecular complexity index is 605. The molecule has 0 atom stereocenters. The molecule has 0 amide bonds. The first-order valence-corrected chi connectivity index (χ1v) is 4.87. The summed E-state index contributed by atoms with van der Waals surface area (Å²) in [4.78, 5) is 5.64. The van der Waals surface area contributed by atoms with Crippen molar-refractivity contribution in [3.63, 3.8) is 0 Å². The molecule has 0 fully saturated rings. The molecule has 0 aliphatic rings. The Labute approximate surface area is 91.3 Å². The zero-order chi connectivity index (χ0) is 10.8. The number of H-pyrrole nitrogens is 1. The summed E-state index contributed by atoms with van der Waals surface area (Å²) >= 11 is 0. The third-order valence-corrected chi connectivity index (χ3v) is 2.20. The summed E-state index contributed by atoms with van der Waals surface area (Å²) in [6.07, 6.45) is 3.64. The Morgan fingerprint density at radius 2 is 1.88 bits per heavy atom. The molecule has 0 saturated carbocycles. The number of aromatic nitrogens is 4. The number of rotatable bonds is 2. The SMILES string of the molecule is c1cc[n+](Oc2cccc3n[nH]nc23)cc1. The van der Waals surface area contributed by atoms with Crippen LogP contribution < -0.4 is 9.57 Å². The van der Waals surface area contributed by atoms with Crippen molar-refractivity contribution in [1.29, 1.82) is 0 Å². The Hall–Kier alpha value is -2.43. The van der Waals surface area contributed by atoms with Crippen LogP contribution in [0.25, 0.3) is 11.0 Å². The van der Waals surface area contributed by atoms with Gasteiger partial charge in [0.1, 0.15) is 5.52 Å². The zero-order valence-electron chi connectivity index (χ0n) is 8.37. The average Bonchev–Trinajstić information content (AvgIpc) is 2.80. The van der Waals surface area contributed by atoms with Gasteiger partial charge < -0.3 is 0 Å². The van der Waals surface area contributed by atoms with Crippen molar-refractivity contribution < 1.29 is 9.57 Å². The van der Waals surface area contributed by atoms with Crippen LogP contribution in [-0.2, 0) is 0 Å². The van der Waals surface area contributed by atoms with Gasteiger partial charge in [-0.3, -0.25) is 0 Å². The van der Waals surface area contributed by atoms with Gasteiger partial charge in [0.15, 0.2) is 5.52 Å². The first kappa shape index (κ1) is 8.84. The molecule has 0 aliphatic heterocycles. The molecule has 0 bridgehead atoms. The van der Waals surface area contributed by atoms with Gasteiger partial charge in [0.2, 0.25) is 18.1 Å². The molecule has 5 nitrogen and oxygen atoms in total. The average molecular weight is 213 g/mol. The number of nitrogens with zero attached hydrogens (tertiary/aromatic N) is 3. The predicted molar refractivity (Wildman–Crippen MR) is 56.6 cm³/mol. The van der Waals surface area contributed by atoms with E-state index < -0.39 is 0 Å². The summed E-state index contributed by atoms with van der Waals surface area (Å²) < 4.78 is 1.61. The van der Waals surface area contributed by atoms with Crippen LogP contribution >= 0.6 is 0 Å². The fourth-order valence-electron chi connectivity index (χ4n) is 1.47. The first-order valence-electron chi connectivity index (χ1n) is 4.87. The molecular formula is C11H9N4O+. The van der Waals surface area contributed by atoms with E-state index >= 15 is 0 Å². The molecule has 2 heterocycles. The van der Waals surface area contributed by atoms with E-state index in [0.717, 1.165) is 11.0 Å². The lowest BCUT2D eigenvalue weighted by atomic mass is 10.3. The van der Waals surface area contributed by atoms with Crippen molar-refractivity contribution in [2.24, 2.45) is 0 Å². The van der Waals surface area contributed by atoms with Crippen molar-refractivity contribution in [3.8, 4) is 5.75 Å². The number of nitrogens with one attached hydrogen (secondary N) is 1. The molecule has 3 aromatic rings. The van der Waals surface area contributed by atoms with Crippen molar-refractivity contribution in [1.82, 2.24) is 15.4 Å². The highest BCUT2D eigenvalue weighted by molar-refractivity contribution is 5.80. The van der Waals surface area contributed by atoms with Crippen LogP contribution in [0.4, 0.5) is 0 Å². The highest BCUT2D eigenvalue weighted by Crippen LogP contribution is 2.20. The third kappa shape index (κ3) is 1.48. The Kier molecular flexibility index (Phi) is 2.00. The van der Waals surface area contributed by atoms with Crippen molar-refractivity contribution in [2.45, 2.75) is 0 Å². The zero-order valence-corrected chi connectivity index (χ0v) is 8.37. The molecular weight excluding hydrogens is 204 g/mol. The highest BCUT2D eigenvalue weighted by atomic mass is 16.7. The van der Waals surface area contributed by atoms with E-state index in [9.17, 15) is 0 Å². The van der Waals surface area contributed by atoms with Crippen LogP contribution in [-0.4, -0.2) is 15.4 Å². The second-order valence-corrected chi connectivity index (χ2v) is 3.27. The molecule has 0 unspecified atom stereocenters. The summed E-state index contributed by atoms with van der Waals surface area (Å²) in [5.41, 5.74) is 1.51. The van der Waals surface area contributed by atoms with Crippen LogP contribution in [0.1, 0.15) is 0 Å². The second kappa shape index (κ2) is 3.62. The van der Waals surface area contributed by atoms with Crippen molar-refractivity contribution >= 4 is 11.0 Å². The van der Waals surface area contributed by atoms with Gasteiger partial charge in [-0.15, -0.1) is 0 Å². The van der Waals surface area contributed by atoms with Crippen LogP contribution in [0, 0.1) is 0 Å². The van der Waals surface area contributed by atoms with Crippen LogP contribution in [0.5, 0.6) is 5.75 Å². The Balaban J connectivity index is 2.04.